The monoisotopic (exact) mass is 390 g/mol. The van der Waals surface area contributed by atoms with Gasteiger partial charge in [-0.25, -0.2) is 0 Å². The largest absolute Gasteiger partial charge is 0.495 e. The van der Waals surface area contributed by atoms with E-state index in [4.69, 9.17) is 28.6 Å². The van der Waals surface area contributed by atoms with Gasteiger partial charge in [0, 0.05) is 22.5 Å². The maximum Gasteiger partial charge on any atom is 0.171 e. The Balaban J connectivity index is 1.58. The first-order valence-electron chi connectivity index (χ1n) is 7.40. The van der Waals surface area contributed by atoms with Crippen LogP contribution >= 0.6 is 35.4 Å². The van der Waals surface area contributed by atoms with Crippen molar-refractivity contribution in [2.75, 3.05) is 12.4 Å². The number of hydrogen-bond donors (Lipinski definition) is 2. The molecular formula is C17H15ClN4OS2. The second kappa shape index (κ2) is 8.24. The molecule has 128 valence electrons. The number of anilines is 1. The van der Waals surface area contributed by atoms with Crippen LogP contribution in [-0.2, 0) is 6.54 Å². The van der Waals surface area contributed by atoms with E-state index < -0.39 is 0 Å². The van der Waals surface area contributed by atoms with Gasteiger partial charge in [0.05, 0.1) is 12.8 Å². The van der Waals surface area contributed by atoms with Crippen molar-refractivity contribution in [2.45, 2.75) is 6.54 Å². The molecule has 0 bridgehead atoms. The lowest BCUT2D eigenvalue weighted by atomic mass is 10.1. The summed E-state index contributed by atoms with van der Waals surface area (Å²) in [5.74, 6) is 0.676. The van der Waals surface area contributed by atoms with Crippen LogP contribution in [0.5, 0.6) is 5.75 Å². The minimum Gasteiger partial charge on any atom is -0.495 e. The molecule has 0 aliphatic heterocycles. The van der Waals surface area contributed by atoms with Crippen molar-refractivity contribution in [3.8, 4) is 17.0 Å². The van der Waals surface area contributed by atoms with Gasteiger partial charge in [-0.1, -0.05) is 40.4 Å². The van der Waals surface area contributed by atoms with Gasteiger partial charge in [-0.05, 0) is 47.5 Å². The number of halogens is 1. The van der Waals surface area contributed by atoms with Crippen LogP contribution in [0, 0.1) is 0 Å². The maximum absolute atomic E-state index is 6.02. The molecule has 1 heterocycles. The lowest BCUT2D eigenvalue weighted by Crippen LogP contribution is -2.28. The van der Waals surface area contributed by atoms with E-state index in [1.54, 1.807) is 25.3 Å². The van der Waals surface area contributed by atoms with Gasteiger partial charge in [0.2, 0.25) is 0 Å². The highest BCUT2D eigenvalue weighted by atomic mass is 35.5. The fraction of sp³-hybridized carbons (Fsp3) is 0.118. The van der Waals surface area contributed by atoms with Crippen molar-refractivity contribution in [1.82, 2.24) is 14.9 Å². The first-order valence-corrected chi connectivity index (χ1v) is 9.03. The third-order valence-corrected chi connectivity index (χ3v) is 4.46. The molecule has 8 heteroatoms. The highest BCUT2D eigenvalue weighted by Crippen LogP contribution is 2.27. The van der Waals surface area contributed by atoms with E-state index in [0.717, 1.165) is 22.5 Å². The van der Waals surface area contributed by atoms with Crippen LogP contribution in [0.1, 0.15) is 5.56 Å². The molecule has 3 rings (SSSR count). The number of nitrogens with one attached hydrogen (secondary N) is 2. The van der Waals surface area contributed by atoms with Gasteiger partial charge in [0.25, 0.3) is 0 Å². The molecule has 2 aromatic carbocycles. The van der Waals surface area contributed by atoms with E-state index in [1.807, 2.05) is 29.6 Å². The van der Waals surface area contributed by atoms with Gasteiger partial charge >= 0.3 is 0 Å². The standard InChI is InChI=1S/C17H15ClN4OS2/c1-23-16-7-6-13(18)8-14(16)20-17(24)19-9-11-2-4-12(5-3-11)15-10-25-22-21-15/h2-8,10H,9H2,1H3,(H2,19,20,24). The molecule has 0 aliphatic carbocycles. The third kappa shape index (κ3) is 4.66. The maximum atomic E-state index is 6.02. The third-order valence-electron chi connectivity index (χ3n) is 3.47. The molecule has 2 N–H and O–H groups in total. The molecule has 0 atom stereocenters. The molecular weight excluding hydrogens is 376 g/mol. The molecule has 0 saturated heterocycles. The Bertz CT molecular complexity index is 854. The Morgan fingerprint density at radius 3 is 2.72 bits per heavy atom. The topological polar surface area (TPSA) is 59.1 Å². The van der Waals surface area contributed by atoms with Crippen molar-refractivity contribution in [3.05, 3.63) is 58.4 Å². The lowest BCUT2D eigenvalue weighted by molar-refractivity contribution is 0.417. The van der Waals surface area contributed by atoms with Gasteiger partial charge in [0.15, 0.2) is 5.11 Å². The van der Waals surface area contributed by atoms with Gasteiger partial charge in [-0.3, -0.25) is 0 Å². The average Bonchev–Trinajstić information content (AvgIpc) is 3.15. The van der Waals surface area contributed by atoms with Gasteiger partial charge in [-0.15, -0.1) is 5.10 Å². The fourth-order valence-corrected chi connectivity index (χ4v) is 3.03. The van der Waals surface area contributed by atoms with Crippen LogP contribution in [0.15, 0.2) is 47.8 Å². The Morgan fingerprint density at radius 1 is 1.24 bits per heavy atom. The Labute approximate surface area is 160 Å². The van der Waals surface area contributed by atoms with Crippen LogP contribution in [-0.4, -0.2) is 21.8 Å². The highest BCUT2D eigenvalue weighted by Gasteiger charge is 2.06. The van der Waals surface area contributed by atoms with Gasteiger partial charge < -0.3 is 15.4 Å². The summed E-state index contributed by atoms with van der Waals surface area (Å²) in [6.45, 7) is 0.601. The summed E-state index contributed by atoms with van der Waals surface area (Å²) in [6, 6.07) is 13.4. The van der Waals surface area contributed by atoms with Crippen LogP contribution in [0.25, 0.3) is 11.3 Å². The number of ether oxygens (including phenoxy) is 1. The second-order valence-electron chi connectivity index (χ2n) is 5.14. The zero-order valence-electron chi connectivity index (χ0n) is 13.3. The number of methoxy groups -OCH3 is 1. The zero-order chi connectivity index (χ0) is 17.6. The number of thiocarbonyl (C=S) groups is 1. The van der Waals surface area contributed by atoms with Crippen molar-refractivity contribution in [3.63, 3.8) is 0 Å². The first kappa shape index (κ1) is 17.6. The Kier molecular flexibility index (Phi) is 5.80. The fourth-order valence-electron chi connectivity index (χ4n) is 2.21. The molecule has 0 saturated carbocycles. The molecule has 25 heavy (non-hydrogen) atoms. The van der Waals surface area contributed by atoms with E-state index >= 15 is 0 Å². The molecule has 0 aliphatic rings. The first-order chi connectivity index (χ1) is 12.2. The summed E-state index contributed by atoms with van der Waals surface area (Å²) in [6.07, 6.45) is 0. The minimum atomic E-state index is 0.494. The number of hydrogen-bond acceptors (Lipinski definition) is 5. The number of nitrogens with zero attached hydrogens (tertiary/aromatic N) is 2. The molecule has 0 fully saturated rings. The smallest absolute Gasteiger partial charge is 0.171 e. The summed E-state index contributed by atoms with van der Waals surface area (Å²) >= 11 is 12.7. The van der Waals surface area contributed by atoms with E-state index in [0.29, 0.717) is 22.4 Å². The SMILES string of the molecule is COc1ccc(Cl)cc1NC(=S)NCc1ccc(-c2csnn2)cc1. The van der Waals surface area contributed by atoms with E-state index in [1.165, 1.54) is 11.5 Å². The summed E-state index contributed by atoms with van der Waals surface area (Å²) in [7, 11) is 1.60. The van der Waals surface area contributed by atoms with Crippen LogP contribution in [0.2, 0.25) is 5.02 Å². The van der Waals surface area contributed by atoms with Crippen molar-refractivity contribution in [1.29, 1.82) is 0 Å². The molecule has 5 nitrogen and oxygen atoms in total. The molecule has 1 aromatic heterocycles. The summed E-state index contributed by atoms with van der Waals surface area (Å²) < 4.78 is 9.17. The van der Waals surface area contributed by atoms with Crippen molar-refractivity contribution >= 4 is 46.2 Å². The molecule has 0 radical (unpaired) electrons. The minimum absolute atomic E-state index is 0.494. The Morgan fingerprint density at radius 2 is 2.04 bits per heavy atom. The number of benzene rings is 2. The quantitative estimate of drug-likeness (QED) is 0.631. The van der Waals surface area contributed by atoms with Crippen LogP contribution in [0.3, 0.4) is 0 Å². The summed E-state index contributed by atoms with van der Waals surface area (Å²) in [5, 5.41) is 13.4. The highest BCUT2D eigenvalue weighted by molar-refractivity contribution is 7.80. The molecule has 0 amide bonds. The van der Waals surface area contributed by atoms with Crippen molar-refractivity contribution < 1.29 is 4.74 Å². The van der Waals surface area contributed by atoms with E-state index in [-0.39, 0.29) is 0 Å². The van der Waals surface area contributed by atoms with Crippen LogP contribution < -0.4 is 15.4 Å². The van der Waals surface area contributed by atoms with Crippen LogP contribution in [0.4, 0.5) is 5.69 Å². The predicted molar refractivity (Wildman–Crippen MR) is 106 cm³/mol. The summed E-state index contributed by atoms with van der Waals surface area (Å²) in [4.78, 5) is 0. The number of rotatable bonds is 5. The second-order valence-corrected chi connectivity index (χ2v) is 6.59. The van der Waals surface area contributed by atoms with Gasteiger partial charge in [-0.2, -0.15) is 0 Å². The predicted octanol–water partition coefficient (Wildman–Crippen LogP) is 4.35. The molecule has 3 aromatic rings. The normalized spacial score (nSPS) is 10.3. The molecule has 0 unspecified atom stereocenters. The van der Waals surface area contributed by atoms with E-state index in [2.05, 4.69) is 20.2 Å². The van der Waals surface area contributed by atoms with Gasteiger partial charge in [0.1, 0.15) is 11.4 Å². The molecule has 0 spiro atoms. The average molecular weight is 391 g/mol. The zero-order valence-corrected chi connectivity index (χ0v) is 15.7. The summed E-state index contributed by atoms with van der Waals surface area (Å²) in [5.41, 5.74) is 3.75. The van der Waals surface area contributed by atoms with E-state index in [9.17, 15) is 0 Å². The number of aromatic nitrogens is 2. The Hall–Kier alpha value is -2.22. The van der Waals surface area contributed by atoms with Crippen molar-refractivity contribution in [2.24, 2.45) is 0 Å². The lowest BCUT2D eigenvalue weighted by Gasteiger charge is -2.14.